The molecule has 0 radical (unpaired) electrons. The van der Waals surface area contributed by atoms with Crippen LogP contribution in [0.3, 0.4) is 0 Å². The Hall–Kier alpha value is -3.93. The molecule has 0 aliphatic carbocycles. The lowest BCUT2D eigenvalue weighted by molar-refractivity contribution is -0.135. The molecule has 1 aromatic heterocycles. The molecule has 172 valence electrons. The van der Waals surface area contributed by atoms with Gasteiger partial charge in [-0.15, -0.1) is 0 Å². The maximum atomic E-state index is 12.9. The van der Waals surface area contributed by atoms with Gasteiger partial charge in [-0.2, -0.15) is 0 Å². The number of benzene rings is 3. The molecule has 1 amide bonds. The summed E-state index contributed by atoms with van der Waals surface area (Å²) in [4.78, 5) is 35.2. The summed E-state index contributed by atoms with van der Waals surface area (Å²) in [6.07, 6.45) is 2.96. The summed E-state index contributed by atoms with van der Waals surface area (Å²) in [7, 11) is 0. The summed E-state index contributed by atoms with van der Waals surface area (Å²) in [5, 5.41) is 0. The number of para-hydroxylation sites is 2. The quantitative estimate of drug-likeness (QED) is 0.423. The standard InChI is InChI=1S/C28H27N3O3/c32-26(31-16-14-21(15-17-31)18-20-8-2-1-3-9-20)19-34-28(33)23-11-5-4-10-22(23)27-29-24-12-6-7-13-25(24)30-27/h1-13,21H,14-19H2,(H,29,30). The number of aromatic nitrogens is 2. The Morgan fingerprint density at radius 2 is 1.62 bits per heavy atom. The number of hydrogen-bond donors (Lipinski definition) is 1. The van der Waals surface area contributed by atoms with E-state index in [0.29, 0.717) is 36.0 Å². The number of amides is 1. The molecule has 1 fully saturated rings. The van der Waals surface area contributed by atoms with Gasteiger partial charge in [-0.3, -0.25) is 4.79 Å². The first kappa shape index (κ1) is 21.9. The largest absolute Gasteiger partial charge is 0.452 e. The number of H-pyrrole nitrogens is 1. The van der Waals surface area contributed by atoms with Crippen LogP contribution < -0.4 is 0 Å². The zero-order valence-corrected chi connectivity index (χ0v) is 18.9. The molecular formula is C28H27N3O3. The van der Waals surface area contributed by atoms with Gasteiger partial charge >= 0.3 is 5.97 Å². The van der Waals surface area contributed by atoms with Gasteiger partial charge in [0, 0.05) is 18.7 Å². The fraction of sp³-hybridized carbons (Fsp3) is 0.250. The predicted molar refractivity (Wildman–Crippen MR) is 131 cm³/mol. The number of imidazole rings is 1. The van der Waals surface area contributed by atoms with Crippen LogP contribution in [0.15, 0.2) is 78.9 Å². The van der Waals surface area contributed by atoms with Crippen molar-refractivity contribution in [2.45, 2.75) is 19.3 Å². The third-order valence-electron chi connectivity index (χ3n) is 6.45. The second-order valence-corrected chi connectivity index (χ2v) is 8.74. The van der Waals surface area contributed by atoms with Crippen LogP contribution in [-0.2, 0) is 16.0 Å². The number of rotatable bonds is 6. The van der Waals surface area contributed by atoms with Crippen LogP contribution in [0, 0.1) is 5.92 Å². The summed E-state index contributed by atoms with van der Waals surface area (Å²) >= 11 is 0. The fourth-order valence-corrected chi connectivity index (χ4v) is 4.58. The van der Waals surface area contributed by atoms with Crippen LogP contribution in [-0.4, -0.2) is 46.4 Å². The molecule has 1 aliphatic heterocycles. The second-order valence-electron chi connectivity index (χ2n) is 8.74. The third kappa shape index (κ3) is 4.86. The first-order valence-corrected chi connectivity index (χ1v) is 11.7. The zero-order chi connectivity index (χ0) is 23.3. The summed E-state index contributed by atoms with van der Waals surface area (Å²) in [6, 6.07) is 25.3. The molecule has 0 bridgehead atoms. The summed E-state index contributed by atoms with van der Waals surface area (Å²) in [5.41, 5.74) is 4.09. The lowest BCUT2D eigenvalue weighted by Gasteiger charge is -2.32. The molecule has 6 heteroatoms. The molecule has 1 N–H and O–H groups in total. The first-order chi connectivity index (χ1) is 16.7. The van der Waals surface area contributed by atoms with E-state index in [9.17, 15) is 9.59 Å². The Kier molecular flexibility index (Phi) is 6.38. The van der Waals surface area contributed by atoms with E-state index in [2.05, 4.69) is 34.2 Å². The van der Waals surface area contributed by atoms with Crippen molar-refractivity contribution in [3.63, 3.8) is 0 Å². The van der Waals surface area contributed by atoms with Crippen LogP contribution in [0.2, 0.25) is 0 Å². The molecule has 0 spiro atoms. The van der Waals surface area contributed by atoms with E-state index in [-0.39, 0.29) is 12.5 Å². The van der Waals surface area contributed by atoms with Gasteiger partial charge in [0.25, 0.3) is 5.91 Å². The number of ether oxygens (including phenoxy) is 1. The maximum Gasteiger partial charge on any atom is 0.339 e. The zero-order valence-electron chi connectivity index (χ0n) is 18.9. The molecule has 6 nitrogen and oxygen atoms in total. The smallest absolute Gasteiger partial charge is 0.339 e. The second kappa shape index (κ2) is 9.91. The highest BCUT2D eigenvalue weighted by molar-refractivity contribution is 5.98. The Morgan fingerprint density at radius 3 is 2.41 bits per heavy atom. The Balaban J connectivity index is 1.18. The molecule has 0 unspecified atom stereocenters. The molecule has 2 heterocycles. The van der Waals surface area contributed by atoms with Gasteiger partial charge < -0.3 is 14.6 Å². The third-order valence-corrected chi connectivity index (χ3v) is 6.45. The van der Waals surface area contributed by atoms with Crippen LogP contribution >= 0.6 is 0 Å². The van der Waals surface area contributed by atoms with Gasteiger partial charge in [-0.1, -0.05) is 60.7 Å². The minimum Gasteiger partial charge on any atom is -0.452 e. The highest BCUT2D eigenvalue weighted by Crippen LogP contribution is 2.25. The van der Waals surface area contributed by atoms with E-state index >= 15 is 0 Å². The average molecular weight is 454 g/mol. The summed E-state index contributed by atoms with van der Waals surface area (Å²) in [6.45, 7) is 1.14. The molecule has 34 heavy (non-hydrogen) atoms. The summed E-state index contributed by atoms with van der Waals surface area (Å²) in [5.74, 6) is 0.501. The number of likely N-dealkylation sites (tertiary alicyclic amines) is 1. The lowest BCUT2D eigenvalue weighted by Crippen LogP contribution is -2.41. The molecule has 3 aromatic carbocycles. The Labute approximate surface area is 198 Å². The monoisotopic (exact) mass is 453 g/mol. The highest BCUT2D eigenvalue weighted by atomic mass is 16.5. The van der Waals surface area contributed by atoms with Crippen molar-refractivity contribution in [3.8, 4) is 11.4 Å². The van der Waals surface area contributed by atoms with Gasteiger partial charge in [0.15, 0.2) is 6.61 Å². The average Bonchev–Trinajstić information content (AvgIpc) is 3.32. The van der Waals surface area contributed by atoms with Crippen molar-refractivity contribution >= 4 is 22.9 Å². The van der Waals surface area contributed by atoms with E-state index < -0.39 is 5.97 Å². The minimum absolute atomic E-state index is 0.146. The topological polar surface area (TPSA) is 75.3 Å². The van der Waals surface area contributed by atoms with Crippen LogP contribution in [0.25, 0.3) is 22.4 Å². The number of hydrogen-bond acceptors (Lipinski definition) is 4. The van der Waals surface area contributed by atoms with Gasteiger partial charge in [0.1, 0.15) is 5.82 Å². The number of piperidine rings is 1. The molecule has 1 saturated heterocycles. The molecule has 0 saturated carbocycles. The van der Waals surface area contributed by atoms with E-state index in [1.54, 1.807) is 17.0 Å². The number of aromatic amines is 1. The number of carbonyl (C=O) groups is 2. The van der Waals surface area contributed by atoms with Crippen molar-refractivity contribution in [3.05, 3.63) is 90.0 Å². The number of fused-ring (bicyclic) bond motifs is 1. The minimum atomic E-state index is -0.525. The van der Waals surface area contributed by atoms with Gasteiger partial charge in [-0.05, 0) is 48.9 Å². The number of carbonyl (C=O) groups excluding carboxylic acids is 2. The maximum absolute atomic E-state index is 12.9. The molecule has 5 rings (SSSR count). The van der Waals surface area contributed by atoms with Gasteiger partial charge in [0.05, 0.1) is 16.6 Å². The van der Waals surface area contributed by atoms with Crippen LogP contribution in [0.1, 0.15) is 28.8 Å². The number of nitrogens with zero attached hydrogens (tertiary/aromatic N) is 2. The van der Waals surface area contributed by atoms with Crippen molar-refractivity contribution < 1.29 is 14.3 Å². The Bertz CT molecular complexity index is 1260. The van der Waals surface area contributed by atoms with Crippen molar-refractivity contribution in [2.75, 3.05) is 19.7 Å². The van der Waals surface area contributed by atoms with Gasteiger partial charge in [-0.25, -0.2) is 9.78 Å². The SMILES string of the molecule is O=C(OCC(=O)N1CCC(Cc2ccccc2)CC1)c1ccccc1-c1nc2ccccc2[nH]1. The lowest BCUT2D eigenvalue weighted by atomic mass is 9.90. The highest BCUT2D eigenvalue weighted by Gasteiger charge is 2.24. The van der Waals surface area contributed by atoms with E-state index in [0.717, 1.165) is 30.3 Å². The van der Waals surface area contributed by atoms with E-state index in [1.807, 2.05) is 42.5 Å². The Morgan fingerprint density at radius 1 is 0.912 bits per heavy atom. The van der Waals surface area contributed by atoms with Crippen LogP contribution in [0.5, 0.6) is 0 Å². The molecule has 1 aliphatic rings. The number of esters is 1. The van der Waals surface area contributed by atoms with Crippen LogP contribution in [0.4, 0.5) is 0 Å². The first-order valence-electron chi connectivity index (χ1n) is 11.7. The van der Waals surface area contributed by atoms with Crippen molar-refractivity contribution in [1.82, 2.24) is 14.9 Å². The fourth-order valence-electron chi connectivity index (χ4n) is 4.58. The van der Waals surface area contributed by atoms with Gasteiger partial charge in [0.2, 0.25) is 0 Å². The van der Waals surface area contributed by atoms with Crippen molar-refractivity contribution in [2.24, 2.45) is 5.92 Å². The molecular weight excluding hydrogens is 426 g/mol. The molecule has 0 atom stereocenters. The molecule has 4 aromatic rings. The predicted octanol–water partition coefficient (Wildman–Crippen LogP) is 4.87. The van der Waals surface area contributed by atoms with E-state index in [1.165, 1.54) is 5.56 Å². The normalized spacial score (nSPS) is 14.3. The number of nitrogens with one attached hydrogen (secondary N) is 1. The van der Waals surface area contributed by atoms with E-state index in [4.69, 9.17) is 4.74 Å². The summed E-state index contributed by atoms with van der Waals surface area (Å²) < 4.78 is 5.43. The van der Waals surface area contributed by atoms with Crippen molar-refractivity contribution in [1.29, 1.82) is 0 Å².